The number of carbonyl (C=O) groups is 1. The number of carbonyl (C=O) groups excluding carboxylic acids is 1. The first-order chi connectivity index (χ1) is 10.1. The average molecular weight is 321 g/mol. The van der Waals surface area contributed by atoms with Crippen LogP contribution in [-0.2, 0) is 4.74 Å². The summed E-state index contributed by atoms with van der Waals surface area (Å²) in [6.07, 6.45) is 2.31. The summed E-state index contributed by atoms with van der Waals surface area (Å²) in [6.45, 7) is 11.7. The van der Waals surface area contributed by atoms with Crippen LogP contribution in [0.3, 0.4) is 0 Å². The molecule has 1 saturated carbocycles. The van der Waals surface area contributed by atoms with Crippen molar-refractivity contribution in [2.24, 2.45) is 0 Å². The summed E-state index contributed by atoms with van der Waals surface area (Å²) >= 11 is 1.44. The minimum Gasteiger partial charge on any atom is -0.443 e. The maximum absolute atomic E-state index is 12.5. The van der Waals surface area contributed by atoms with E-state index >= 15 is 0 Å². The average Bonchev–Trinajstić information content (AvgIpc) is 3.17. The van der Waals surface area contributed by atoms with Crippen LogP contribution in [-0.4, -0.2) is 21.5 Å². The number of rotatable bonds is 3. The van der Waals surface area contributed by atoms with Gasteiger partial charge in [0.05, 0.1) is 0 Å². The van der Waals surface area contributed by atoms with E-state index in [1.165, 1.54) is 30.4 Å². The van der Waals surface area contributed by atoms with E-state index in [4.69, 9.17) is 4.74 Å². The van der Waals surface area contributed by atoms with Crippen LogP contribution in [0.1, 0.15) is 65.9 Å². The molecule has 0 N–H and O–H groups in total. The molecule has 4 heteroatoms. The van der Waals surface area contributed by atoms with Crippen molar-refractivity contribution >= 4 is 18.0 Å². The third-order valence-electron chi connectivity index (χ3n) is 3.29. The SMILES string of the molecule is CC(C)(C)OC(=O)N(Sc1ccc(C2CC2)cc1)C(C)(C)C. The summed E-state index contributed by atoms with van der Waals surface area (Å²) < 4.78 is 7.25. The first-order valence-corrected chi connectivity index (χ1v) is 8.65. The fourth-order valence-corrected chi connectivity index (χ4v) is 2.93. The van der Waals surface area contributed by atoms with Gasteiger partial charge in [-0.2, -0.15) is 0 Å². The van der Waals surface area contributed by atoms with Crippen LogP contribution in [0.15, 0.2) is 29.2 Å². The quantitative estimate of drug-likeness (QED) is 0.678. The lowest BCUT2D eigenvalue weighted by atomic mass is 10.1. The highest BCUT2D eigenvalue weighted by molar-refractivity contribution is 7.97. The number of amides is 1. The summed E-state index contributed by atoms with van der Waals surface area (Å²) in [4.78, 5) is 13.5. The van der Waals surface area contributed by atoms with E-state index in [1.54, 1.807) is 4.31 Å². The Bertz CT molecular complexity index is 522. The van der Waals surface area contributed by atoms with Crippen molar-refractivity contribution in [3.05, 3.63) is 29.8 Å². The van der Waals surface area contributed by atoms with Gasteiger partial charge >= 0.3 is 6.09 Å². The molecular formula is C18H27NO2S. The molecule has 0 spiro atoms. The number of benzene rings is 1. The van der Waals surface area contributed by atoms with E-state index in [9.17, 15) is 4.79 Å². The molecule has 3 nitrogen and oxygen atoms in total. The fourth-order valence-electron chi connectivity index (χ4n) is 2.07. The maximum atomic E-state index is 12.5. The molecule has 1 aliphatic rings. The zero-order chi connectivity index (χ0) is 16.5. The first kappa shape index (κ1) is 17.2. The van der Waals surface area contributed by atoms with Gasteiger partial charge in [-0.25, -0.2) is 9.10 Å². The van der Waals surface area contributed by atoms with Crippen LogP contribution in [0.4, 0.5) is 4.79 Å². The Labute approximate surface area is 138 Å². The van der Waals surface area contributed by atoms with E-state index in [1.807, 2.05) is 41.5 Å². The van der Waals surface area contributed by atoms with Crippen molar-refractivity contribution in [2.45, 2.75) is 76.3 Å². The van der Waals surface area contributed by atoms with Gasteiger partial charge < -0.3 is 4.74 Å². The van der Waals surface area contributed by atoms with E-state index in [0.29, 0.717) is 0 Å². The molecule has 1 aliphatic carbocycles. The summed E-state index contributed by atoms with van der Waals surface area (Å²) in [7, 11) is 0. The second-order valence-corrected chi connectivity index (χ2v) is 8.90. The minimum absolute atomic E-state index is 0.295. The maximum Gasteiger partial charge on any atom is 0.421 e. The molecule has 2 rings (SSSR count). The molecule has 1 aromatic carbocycles. The zero-order valence-electron chi connectivity index (χ0n) is 14.5. The summed E-state index contributed by atoms with van der Waals surface area (Å²) in [5.74, 6) is 0.753. The second-order valence-electron chi connectivity index (χ2n) is 7.88. The molecule has 0 saturated heterocycles. The van der Waals surface area contributed by atoms with E-state index < -0.39 is 5.60 Å². The van der Waals surface area contributed by atoms with Crippen molar-refractivity contribution in [2.75, 3.05) is 0 Å². The zero-order valence-corrected chi connectivity index (χ0v) is 15.3. The smallest absolute Gasteiger partial charge is 0.421 e. The van der Waals surface area contributed by atoms with Gasteiger partial charge in [0, 0.05) is 10.4 Å². The Morgan fingerprint density at radius 3 is 2.05 bits per heavy atom. The lowest BCUT2D eigenvalue weighted by Crippen LogP contribution is -2.43. The van der Waals surface area contributed by atoms with Crippen LogP contribution < -0.4 is 0 Å². The van der Waals surface area contributed by atoms with Gasteiger partial charge in [0.2, 0.25) is 0 Å². The monoisotopic (exact) mass is 321 g/mol. The fraction of sp³-hybridized carbons (Fsp3) is 0.611. The molecule has 22 heavy (non-hydrogen) atoms. The molecule has 0 heterocycles. The van der Waals surface area contributed by atoms with Crippen molar-refractivity contribution in [3.8, 4) is 0 Å². The van der Waals surface area contributed by atoms with Crippen molar-refractivity contribution in [1.82, 2.24) is 4.31 Å². The van der Waals surface area contributed by atoms with E-state index in [-0.39, 0.29) is 11.6 Å². The minimum atomic E-state index is -0.489. The third kappa shape index (κ3) is 4.94. The molecule has 0 bridgehead atoms. The molecular weight excluding hydrogens is 294 g/mol. The Morgan fingerprint density at radius 2 is 1.64 bits per heavy atom. The molecule has 0 aliphatic heterocycles. The number of ether oxygens (including phenoxy) is 1. The predicted molar refractivity (Wildman–Crippen MR) is 92.1 cm³/mol. The van der Waals surface area contributed by atoms with E-state index in [0.717, 1.165) is 10.8 Å². The molecule has 1 amide bonds. The van der Waals surface area contributed by atoms with E-state index in [2.05, 4.69) is 24.3 Å². The Morgan fingerprint density at radius 1 is 1.09 bits per heavy atom. The Hall–Kier alpha value is -1.16. The standard InChI is InChI=1S/C18H27NO2S/c1-17(2,3)19(16(20)21-18(4,5)6)22-15-11-9-14(10-12-15)13-7-8-13/h9-13H,7-8H2,1-6H3. The van der Waals surface area contributed by atoms with Crippen molar-refractivity contribution in [1.29, 1.82) is 0 Å². The Kier molecular flexibility index (Phi) is 4.81. The summed E-state index contributed by atoms with van der Waals surface area (Å²) in [5.41, 5.74) is 0.600. The predicted octanol–water partition coefficient (Wildman–Crippen LogP) is 5.61. The number of hydrogen-bond acceptors (Lipinski definition) is 3. The molecule has 0 aromatic heterocycles. The molecule has 0 radical (unpaired) electrons. The first-order valence-electron chi connectivity index (χ1n) is 7.87. The van der Waals surface area contributed by atoms with Crippen LogP contribution >= 0.6 is 11.9 Å². The van der Waals surface area contributed by atoms with Gasteiger partial charge in [0.25, 0.3) is 0 Å². The molecule has 0 atom stereocenters. The lowest BCUT2D eigenvalue weighted by molar-refractivity contribution is 0.0303. The highest BCUT2D eigenvalue weighted by atomic mass is 32.2. The number of hydrogen-bond donors (Lipinski definition) is 0. The topological polar surface area (TPSA) is 29.5 Å². The van der Waals surface area contributed by atoms with Gasteiger partial charge in [-0.1, -0.05) is 12.1 Å². The molecule has 0 unspecified atom stereocenters. The summed E-state index contributed by atoms with van der Waals surface area (Å²) in [5, 5.41) is 0. The lowest BCUT2D eigenvalue weighted by Gasteiger charge is -2.35. The highest BCUT2D eigenvalue weighted by Crippen LogP contribution is 2.41. The van der Waals surface area contributed by atoms with Gasteiger partial charge in [0.1, 0.15) is 5.60 Å². The molecule has 122 valence electrons. The van der Waals surface area contributed by atoms with Gasteiger partial charge in [-0.15, -0.1) is 0 Å². The molecule has 1 aromatic rings. The van der Waals surface area contributed by atoms with Crippen molar-refractivity contribution < 1.29 is 9.53 Å². The Balaban J connectivity index is 2.10. The molecule has 1 fully saturated rings. The summed E-state index contributed by atoms with van der Waals surface area (Å²) in [6, 6.07) is 8.55. The normalized spacial score (nSPS) is 15.5. The van der Waals surface area contributed by atoms with Gasteiger partial charge in [-0.3, -0.25) is 0 Å². The van der Waals surface area contributed by atoms with Gasteiger partial charge in [0.15, 0.2) is 0 Å². The number of nitrogens with zero attached hydrogens (tertiary/aromatic N) is 1. The van der Waals surface area contributed by atoms with Gasteiger partial charge in [-0.05, 0) is 89.9 Å². The third-order valence-corrected chi connectivity index (χ3v) is 4.66. The van der Waals surface area contributed by atoms with Crippen LogP contribution in [0, 0.1) is 0 Å². The van der Waals surface area contributed by atoms with Crippen LogP contribution in [0.25, 0.3) is 0 Å². The second kappa shape index (κ2) is 6.15. The van der Waals surface area contributed by atoms with Crippen LogP contribution in [0.2, 0.25) is 0 Å². The largest absolute Gasteiger partial charge is 0.443 e. The van der Waals surface area contributed by atoms with Crippen molar-refractivity contribution in [3.63, 3.8) is 0 Å². The highest BCUT2D eigenvalue weighted by Gasteiger charge is 2.32. The van der Waals surface area contributed by atoms with Crippen LogP contribution in [0.5, 0.6) is 0 Å².